The molecule has 5 aliphatic heterocycles. The molecule has 23 heavy (non-hydrogen) atoms. The summed E-state index contributed by atoms with van der Waals surface area (Å²) in [5.41, 5.74) is 0. The van der Waals surface area contributed by atoms with E-state index in [4.69, 9.17) is 14.2 Å². The molecule has 6 heteroatoms. The summed E-state index contributed by atoms with van der Waals surface area (Å²) < 4.78 is 16.7. The Morgan fingerprint density at radius 3 is 2.52 bits per heavy atom. The third kappa shape index (κ3) is 2.71. The number of fused-ring (bicyclic) bond motifs is 1. The molecule has 0 radical (unpaired) electrons. The van der Waals surface area contributed by atoms with Crippen molar-refractivity contribution in [3.05, 3.63) is 0 Å². The number of piperidine rings is 4. The summed E-state index contributed by atoms with van der Waals surface area (Å²) in [6.07, 6.45) is 6.84. The molecule has 0 aromatic rings. The van der Waals surface area contributed by atoms with Crippen LogP contribution >= 0.6 is 0 Å². The lowest BCUT2D eigenvalue weighted by atomic mass is 9.69. The van der Waals surface area contributed by atoms with Gasteiger partial charge in [-0.3, -0.25) is 9.69 Å². The maximum Gasteiger partial charge on any atom is 0.330 e. The van der Waals surface area contributed by atoms with Crippen LogP contribution < -0.4 is 0 Å². The van der Waals surface area contributed by atoms with Crippen molar-refractivity contribution in [1.29, 1.82) is 0 Å². The van der Waals surface area contributed by atoms with Crippen molar-refractivity contribution >= 4 is 11.8 Å². The highest BCUT2D eigenvalue weighted by Gasteiger charge is 2.56. The summed E-state index contributed by atoms with van der Waals surface area (Å²) in [7, 11) is 1.36. The lowest BCUT2D eigenvalue weighted by molar-refractivity contribution is -0.215. The molecule has 0 aromatic heterocycles. The van der Waals surface area contributed by atoms with Crippen LogP contribution in [0.4, 0.5) is 0 Å². The number of ketones is 1. The summed E-state index contributed by atoms with van der Waals surface area (Å²) in [5.74, 6) is -0.324. The Morgan fingerprint density at radius 1 is 1.17 bits per heavy atom. The first-order chi connectivity index (χ1) is 11.2. The molecule has 5 fully saturated rings. The van der Waals surface area contributed by atoms with E-state index in [2.05, 4.69) is 4.90 Å². The van der Waals surface area contributed by atoms with Gasteiger partial charge in [-0.25, -0.2) is 4.79 Å². The third-order valence-electron chi connectivity index (χ3n) is 5.90. The van der Waals surface area contributed by atoms with E-state index in [0.29, 0.717) is 0 Å². The van der Waals surface area contributed by atoms with Gasteiger partial charge >= 0.3 is 5.97 Å². The van der Waals surface area contributed by atoms with E-state index in [9.17, 15) is 9.59 Å². The largest absolute Gasteiger partial charge is 0.468 e. The van der Waals surface area contributed by atoms with Crippen LogP contribution in [0.3, 0.4) is 0 Å². The van der Waals surface area contributed by atoms with Gasteiger partial charge in [-0.2, -0.15) is 0 Å². The summed E-state index contributed by atoms with van der Waals surface area (Å²) in [4.78, 5) is 26.6. The van der Waals surface area contributed by atoms with Gasteiger partial charge in [0.05, 0.1) is 13.2 Å². The van der Waals surface area contributed by atoms with E-state index >= 15 is 0 Å². The lowest BCUT2D eigenvalue weighted by Crippen LogP contribution is -2.69. The van der Waals surface area contributed by atoms with Crippen LogP contribution in [0.1, 0.15) is 44.9 Å². The SMILES string of the molecule is COC(=O)C1C(=O)C2CC3CC(OC4CCCCO4)CC(C2)N31. The molecule has 0 amide bonds. The normalized spacial score (nSPS) is 45.8. The van der Waals surface area contributed by atoms with Crippen molar-refractivity contribution in [2.45, 2.75) is 75.5 Å². The van der Waals surface area contributed by atoms with E-state index in [-0.39, 0.29) is 36.2 Å². The minimum Gasteiger partial charge on any atom is -0.468 e. The molecule has 5 saturated heterocycles. The molecule has 128 valence electrons. The van der Waals surface area contributed by atoms with Crippen LogP contribution in [0.5, 0.6) is 0 Å². The predicted octanol–water partition coefficient (Wildman–Crippen LogP) is 1.27. The minimum atomic E-state index is -0.686. The van der Waals surface area contributed by atoms with Gasteiger partial charge in [0.2, 0.25) is 0 Å². The fourth-order valence-electron chi connectivity index (χ4n) is 4.95. The molecule has 0 saturated carbocycles. The second-order valence-electron chi connectivity index (χ2n) is 7.28. The molecule has 4 unspecified atom stereocenters. The molecule has 5 aliphatic rings. The summed E-state index contributed by atoms with van der Waals surface area (Å²) in [5, 5.41) is 0. The second-order valence-corrected chi connectivity index (χ2v) is 7.28. The predicted molar refractivity (Wildman–Crippen MR) is 80.6 cm³/mol. The zero-order valence-electron chi connectivity index (χ0n) is 13.6. The van der Waals surface area contributed by atoms with E-state index in [1.54, 1.807) is 0 Å². The van der Waals surface area contributed by atoms with Gasteiger partial charge in [0.1, 0.15) is 0 Å². The molecular weight excluding hydrogens is 298 g/mol. The standard InChI is InChI=1S/C17H25NO5/c1-21-17(20)15-16(19)10-6-11-8-13(9-12(7-10)18(11)15)23-14-4-2-3-5-22-14/h10-15H,2-9H2,1H3. The molecule has 0 aromatic carbocycles. The first kappa shape index (κ1) is 15.5. The highest BCUT2D eigenvalue weighted by Crippen LogP contribution is 2.45. The van der Waals surface area contributed by atoms with Crippen molar-refractivity contribution in [3.63, 3.8) is 0 Å². The Kier molecular flexibility index (Phi) is 4.15. The van der Waals surface area contributed by atoms with Crippen LogP contribution in [0.2, 0.25) is 0 Å². The molecule has 4 atom stereocenters. The molecule has 0 spiro atoms. The van der Waals surface area contributed by atoms with Crippen molar-refractivity contribution < 1.29 is 23.8 Å². The van der Waals surface area contributed by atoms with Gasteiger partial charge in [0.15, 0.2) is 18.1 Å². The van der Waals surface area contributed by atoms with E-state index in [0.717, 1.165) is 51.6 Å². The van der Waals surface area contributed by atoms with Crippen LogP contribution in [-0.2, 0) is 23.8 Å². The van der Waals surface area contributed by atoms with Crippen LogP contribution in [0.25, 0.3) is 0 Å². The van der Waals surface area contributed by atoms with Crippen molar-refractivity contribution in [2.24, 2.45) is 5.92 Å². The second kappa shape index (κ2) is 6.15. The van der Waals surface area contributed by atoms with E-state index in [1.807, 2.05) is 0 Å². The average Bonchev–Trinajstić information content (AvgIpc) is 2.55. The van der Waals surface area contributed by atoms with E-state index < -0.39 is 12.0 Å². The smallest absolute Gasteiger partial charge is 0.330 e. The number of hydrogen-bond donors (Lipinski definition) is 0. The fraction of sp³-hybridized carbons (Fsp3) is 0.882. The topological polar surface area (TPSA) is 65.1 Å². The van der Waals surface area contributed by atoms with Gasteiger partial charge in [-0.05, 0) is 44.9 Å². The third-order valence-corrected chi connectivity index (χ3v) is 5.90. The first-order valence-electron chi connectivity index (χ1n) is 8.83. The van der Waals surface area contributed by atoms with Gasteiger partial charge in [-0.1, -0.05) is 0 Å². The molecule has 0 N–H and O–H groups in total. The number of Topliss-reactive ketones (excluding diaryl/α,β-unsaturated/α-hetero) is 1. The Balaban J connectivity index is 1.45. The van der Waals surface area contributed by atoms with E-state index in [1.165, 1.54) is 7.11 Å². The Hall–Kier alpha value is -0.980. The summed E-state index contributed by atoms with van der Waals surface area (Å²) in [6.45, 7) is 0.789. The monoisotopic (exact) mass is 323 g/mol. The molecule has 4 bridgehead atoms. The number of nitrogens with zero attached hydrogens (tertiary/aromatic N) is 1. The quantitative estimate of drug-likeness (QED) is 0.575. The van der Waals surface area contributed by atoms with Gasteiger partial charge in [0.25, 0.3) is 0 Å². The van der Waals surface area contributed by atoms with Gasteiger partial charge < -0.3 is 14.2 Å². The van der Waals surface area contributed by atoms with Crippen molar-refractivity contribution in [2.75, 3.05) is 13.7 Å². The lowest BCUT2D eigenvalue weighted by Gasteiger charge is -2.57. The molecule has 6 nitrogen and oxygen atoms in total. The first-order valence-corrected chi connectivity index (χ1v) is 8.83. The Labute approximate surface area is 136 Å². The van der Waals surface area contributed by atoms with Crippen LogP contribution in [0.15, 0.2) is 0 Å². The molecule has 5 rings (SSSR count). The fourth-order valence-corrected chi connectivity index (χ4v) is 4.95. The molecular formula is C17H25NO5. The summed E-state index contributed by atoms with van der Waals surface area (Å²) in [6, 6.07) is -0.180. The average molecular weight is 323 g/mol. The number of methoxy groups -OCH3 is 1. The molecule has 0 aliphatic carbocycles. The van der Waals surface area contributed by atoms with Crippen LogP contribution in [0, 0.1) is 5.92 Å². The van der Waals surface area contributed by atoms with Crippen molar-refractivity contribution in [1.82, 2.24) is 4.90 Å². The number of ether oxygens (including phenoxy) is 3. The van der Waals surface area contributed by atoms with Gasteiger partial charge in [-0.15, -0.1) is 0 Å². The minimum absolute atomic E-state index is 0.0194. The zero-order chi connectivity index (χ0) is 16.0. The Bertz CT molecular complexity index is 473. The van der Waals surface area contributed by atoms with Crippen molar-refractivity contribution in [3.8, 4) is 0 Å². The summed E-state index contributed by atoms with van der Waals surface area (Å²) >= 11 is 0. The maximum absolute atomic E-state index is 12.4. The number of esters is 1. The van der Waals surface area contributed by atoms with Crippen LogP contribution in [-0.4, -0.2) is 60.9 Å². The highest BCUT2D eigenvalue weighted by atomic mass is 16.7. The number of carbonyl (C=O) groups excluding carboxylic acids is 2. The maximum atomic E-state index is 12.4. The number of hydrogen-bond acceptors (Lipinski definition) is 6. The number of rotatable bonds is 3. The van der Waals surface area contributed by atoms with Gasteiger partial charge in [0, 0.05) is 24.6 Å². The molecule has 5 heterocycles. The Morgan fingerprint density at radius 2 is 1.91 bits per heavy atom. The highest BCUT2D eigenvalue weighted by molar-refractivity contribution is 6.05. The zero-order valence-corrected chi connectivity index (χ0v) is 13.6. The number of carbonyl (C=O) groups is 2.